The number of nitrogen functional groups attached to an aromatic ring is 1. The summed E-state index contributed by atoms with van der Waals surface area (Å²) >= 11 is 0. The molecule has 2 aromatic heterocycles. The Labute approximate surface area is 200 Å². The van der Waals surface area contributed by atoms with E-state index in [1.165, 1.54) is 4.57 Å². The zero-order chi connectivity index (χ0) is 24.2. The quantitative estimate of drug-likeness (QED) is 0.450. The molecule has 0 unspecified atom stereocenters. The van der Waals surface area contributed by atoms with Crippen LogP contribution in [0, 0.1) is 19.8 Å². The number of carbonyl (C=O) groups is 1. The molecule has 1 saturated heterocycles. The van der Waals surface area contributed by atoms with Gasteiger partial charge in [0.25, 0.3) is 0 Å². The first-order valence-electron chi connectivity index (χ1n) is 11.7. The predicted octanol–water partition coefficient (Wildman–Crippen LogP) is 2.94. The van der Waals surface area contributed by atoms with Crippen LogP contribution < -0.4 is 11.2 Å². The van der Waals surface area contributed by atoms with E-state index in [0.29, 0.717) is 23.5 Å². The summed E-state index contributed by atoms with van der Waals surface area (Å²) in [5.41, 5.74) is 11.8. The minimum atomic E-state index is 0.103. The van der Waals surface area contributed by atoms with E-state index in [2.05, 4.69) is 21.9 Å². The minimum absolute atomic E-state index is 0.103. The summed E-state index contributed by atoms with van der Waals surface area (Å²) in [6.45, 7) is 6.91. The van der Waals surface area contributed by atoms with Gasteiger partial charge in [0.15, 0.2) is 5.49 Å². The summed E-state index contributed by atoms with van der Waals surface area (Å²) in [7, 11) is 4.12. The molecular formula is C26H33N7O. The van der Waals surface area contributed by atoms with Gasteiger partial charge in [-0.15, -0.1) is 0 Å². The topological polar surface area (TPSA) is 92.6 Å². The van der Waals surface area contributed by atoms with E-state index in [1.54, 1.807) is 0 Å². The fourth-order valence-corrected chi connectivity index (χ4v) is 4.63. The van der Waals surface area contributed by atoms with Crippen molar-refractivity contribution < 1.29 is 4.79 Å². The number of likely N-dealkylation sites (tertiary alicyclic amines) is 1. The SMILES string of the molecule is Cc1cc(-c2c(-c3ccccc3)nc(N)n(C=O)/c2=N\N(C)CC2CCN(C)CC2)cc(C)n1. The number of nitrogens with zero attached hydrogens (tertiary/aromatic N) is 6. The number of piperidine rings is 1. The van der Waals surface area contributed by atoms with Crippen LogP contribution in [0.1, 0.15) is 24.2 Å². The van der Waals surface area contributed by atoms with E-state index in [9.17, 15) is 4.79 Å². The van der Waals surface area contributed by atoms with Gasteiger partial charge in [-0.2, -0.15) is 5.10 Å². The first-order chi connectivity index (χ1) is 16.4. The molecule has 8 nitrogen and oxygen atoms in total. The van der Waals surface area contributed by atoms with Crippen molar-refractivity contribution in [3.8, 4) is 22.4 Å². The number of nitrogens with two attached hydrogens (primary N) is 1. The molecule has 3 aromatic rings. The van der Waals surface area contributed by atoms with Crippen LogP contribution in [-0.2, 0) is 4.79 Å². The maximum absolute atomic E-state index is 12.2. The van der Waals surface area contributed by atoms with Crippen molar-refractivity contribution in [2.45, 2.75) is 26.7 Å². The summed E-state index contributed by atoms with van der Waals surface area (Å²) in [6.07, 6.45) is 2.95. The van der Waals surface area contributed by atoms with E-state index >= 15 is 0 Å². The van der Waals surface area contributed by atoms with Crippen molar-refractivity contribution in [3.63, 3.8) is 0 Å². The number of aryl methyl sites for hydroxylation is 2. The highest BCUT2D eigenvalue weighted by Gasteiger charge is 2.21. The highest BCUT2D eigenvalue weighted by molar-refractivity contribution is 5.82. The number of rotatable bonds is 6. The maximum atomic E-state index is 12.2. The summed E-state index contributed by atoms with van der Waals surface area (Å²) in [6, 6.07) is 13.9. The van der Waals surface area contributed by atoms with Gasteiger partial charge in [0.2, 0.25) is 12.4 Å². The molecule has 0 saturated carbocycles. The van der Waals surface area contributed by atoms with Crippen molar-refractivity contribution in [1.29, 1.82) is 0 Å². The van der Waals surface area contributed by atoms with Gasteiger partial charge < -0.3 is 10.6 Å². The molecule has 0 radical (unpaired) electrons. The van der Waals surface area contributed by atoms with Gasteiger partial charge in [-0.25, -0.2) is 9.55 Å². The highest BCUT2D eigenvalue weighted by Crippen LogP contribution is 2.29. The molecule has 4 rings (SSSR count). The number of pyridine rings is 1. The lowest BCUT2D eigenvalue weighted by Gasteiger charge is -2.30. The van der Waals surface area contributed by atoms with Gasteiger partial charge in [-0.3, -0.25) is 14.8 Å². The third kappa shape index (κ3) is 5.17. The molecule has 0 amide bonds. The van der Waals surface area contributed by atoms with Crippen LogP contribution in [0.2, 0.25) is 0 Å². The summed E-state index contributed by atoms with van der Waals surface area (Å²) in [4.78, 5) is 23.7. The highest BCUT2D eigenvalue weighted by atomic mass is 16.1. The average Bonchev–Trinajstić information content (AvgIpc) is 2.80. The normalized spacial score (nSPS) is 15.5. The molecule has 1 aromatic carbocycles. The number of hydrogen-bond acceptors (Lipinski definition) is 7. The van der Waals surface area contributed by atoms with Crippen molar-refractivity contribution >= 4 is 12.4 Å². The Morgan fingerprint density at radius 3 is 2.35 bits per heavy atom. The molecule has 0 aliphatic carbocycles. The minimum Gasteiger partial charge on any atom is -0.369 e. The Hall–Kier alpha value is -3.52. The molecule has 1 fully saturated rings. The van der Waals surface area contributed by atoms with Gasteiger partial charge in [-0.1, -0.05) is 30.3 Å². The molecule has 0 atom stereocenters. The van der Waals surface area contributed by atoms with E-state index < -0.39 is 0 Å². The van der Waals surface area contributed by atoms with Crippen LogP contribution in [0.5, 0.6) is 0 Å². The van der Waals surface area contributed by atoms with Gasteiger partial charge in [0.1, 0.15) is 0 Å². The standard InChI is InChI=1S/C26H33N7O/c1-18-14-22(15-19(2)28-18)23-24(21-8-6-5-7-9-21)29-26(27)33(17-34)25(23)30-32(4)16-20-10-12-31(3)13-11-20/h5-9,14-15,17,20H,10-13,16H2,1-4H3,(H2,27,29)/b30-25-. The molecule has 0 bridgehead atoms. The number of aromatic nitrogens is 3. The van der Waals surface area contributed by atoms with E-state index in [-0.39, 0.29) is 5.95 Å². The van der Waals surface area contributed by atoms with E-state index in [1.807, 2.05) is 68.4 Å². The summed E-state index contributed by atoms with van der Waals surface area (Å²) in [5, 5.41) is 6.87. The number of anilines is 1. The molecule has 0 spiro atoms. The molecule has 1 aliphatic heterocycles. The molecule has 2 N–H and O–H groups in total. The Bertz CT molecular complexity index is 1210. The largest absolute Gasteiger partial charge is 0.369 e. The van der Waals surface area contributed by atoms with Crippen molar-refractivity contribution in [1.82, 2.24) is 24.4 Å². The molecule has 1 aliphatic rings. The molecular weight excluding hydrogens is 426 g/mol. The molecule has 34 heavy (non-hydrogen) atoms. The fourth-order valence-electron chi connectivity index (χ4n) is 4.63. The van der Waals surface area contributed by atoms with Crippen LogP contribution >= 0.6 is 0 Å². The van der Waals surface area contributed by atoms with Crippen LogP contribution in [0.15, 0.2) is 47.6 Å². The lowest BCUT2D eigenvalue weighted by molar-refractivity contribution is 0.176. The molecule has 8 heteroatoms. The fraction of sp³-hybridized carbons (Fsp3) is 0.385. The Morgan fingerprint density at radius 2 is 1.74 bits per heavy atom. The first kappa shape index (κ1) is 23.6. The average molecular weight is 460 g/mol. The van der Waals surface area contributed by atoms with Crippen LogP contribution in [-0.4, -0.2) is 64.6 Å². The van der Waals surface area contributed by atoms with E-state index in [0.717, 1.165) is 60.6 Å². The van der Waals surface area contributed by atoms with Crippen LogP contribution in [0.25, 0.3) is 22.4 Å². The van der Waals surface area contributed by atoms with Gasteiger partial charge >= 0.3 is 0 Å². The molecule has 3 heterocycles. The van der Waals surface area contributed by atoms with Gasteiger partial charge in [0.05, 0.1) is 11.3 Å². The predicted molar refractivity (Wildman–Crippen MR) is 135 cm³/mol. The summed E-state index contributed by atoms with van der Waals surface area (Å²) < 4.78 is 1.33. The lowest BCUT2D eigenvalue weighted by Crippen LogP contribution is -2.36. The smallest absolute Gasteiger partial charge is 0.222 e. The first-order valence-corrected chi connectivity index (χ1v) is 11.7. The maximum Gasteiger partial charge on any atom is 0.222 e. The van der Waals surface area contributed by atoms with Crippen LogP contribution in [0.4, 0.5) is 5.95 Å². The summed E-state index contributed by atoms with van der Waals surface area (Å²) in [5.74, 6) is 0.655. The monoisotopic (exact) mass is 459 g/mol. The number of benzene rings is 1. The second-order valence-electron chi connectivity index (χ2n) is 9.18. The zero-order valence-corrected chi connectivity index (χ0v) is 20.4. The van der Waals surface area contributed by atoms with Crippen molar-refractivity contribution in [3.05, 3.63) is 59.3 Å². The second kappa shape index (κ2) is 10.2. The number of hydrogen-bond donors (Lipinski definition) is 1. The van der Waals surface area contributed by atoms with Crippen molar-refractivity contribution in [2.24, 2.45) is 11.0 Å². The third-order valence-electron chi connectivity index (χ3n) is 6.31. The van der Waals surface area contributed by atoms with Gasteiger partial charge in [0, 0.05) is 30.5 Å². The Balaban J connectivity index is 1.92. The number of carbonyl (C=O) groups excluding carboxylic acids is 1. The second-order valence-corrected chi connectivity index (χ2v) is 9.18. The third-order valence-corrected chi connectivity index (χ3v) is 6.31. The van der Waals surface area contributed by atoms with E-state index in [4.69, 9.17) is 10.8 Å². The Kier molecular flexibility index (Phi) is 7.07. The Morgan fingerprint density at radius 1 is 1.09 bits per heavy atom. The zero-order valence-electron chi connectivity index (χ0n) is 20.4. The lowest BCUT2D eigenvalue weighted by atomic mass is 9.97. The van der Waals surface area contributed by atoms with Gasteiger partial charge in [-0.05, 0) is 70.4 Å². The molecule has 178 valence electrons. The van der Waals surface area contributed by atoms with Crippen LogP contribution in [0.3, 0.4) is 0 Å². The van der Waals surface area contributed by atoms with Crippen molar-refractivity contribution in [2.75, 3.05) is 39.5 Å².